The van der Waals surface area contributed by atoms with Crippen LogP contribution in [0.4, 0.5) is 0 Å². The molecular weight excluding hydrogens is 220 g/mol. The van der Waals surface area contributed by atoms with Gasteiger partial charge in [-0.05, 0) is 23.5 Å². The number of benzene rings is 1. The molecule has 1 fully saturated rings. The number of alkyl halides is 1. The molecule has 1 saturated heterocycles. The van der Waals surface area contributed by atoms with Crippen LogP contribution in [-0.2, 0) is 16.6 Å². The maximum atomic E-state index is 6.04. The minimum absolute atomic E-state index is 0.0813. The van der Waals surface area contributed by atoms with E-state index >= 15 is 0 Å². The van der Waals surface area contributed by atoms with Gasteiger partial charge in [0.1, 0.15) is 0 Å². The van der Waals surface area contributed by atoms with Crippen LogP contribution in [0.2, 0.25) is 0 Å². The van der Waals surface area contributed by atoms with Gasteiger partial charge in [-0.1, -0.05) is 38.1 Å². The molecule has 1 aromatic rings. The molecule has 0 spiro atoms. The highest BCUT2D eigenvalue weighted by Crippen LogP contribution is 2.33. The predicted molar refractivity (Wildman–Crippen MR) is 68.2 cm³/mol. The molecule has 0 atom stereocenters. The third-order valence-corrected chi connectivity index (χ3v) is 3.73. The minimum Gasteiger partial charge on any atom is -0.379 e. The van der Waals surface area contributed by atoms with Gasteiger partial charge in [0, 0.05) is 5.88 Å². The molecule has 0 bridgehead atoms. The monoisotopic (exact) mass is 238 g/mol. The second-order valence-corrected chi connectivity index (χ2v) is 5.47. The zero-order valence-electron chi connectivity index (χ0n) is 10.0. The molecule has 0 unspecified atom stereocenters. The number of halogens is 1. The largest absolute Gasteiger partial charge is 0.379 e. The van der Waals surface area contributed by atoms with Gasteiger partial charge in [-0.3, -0.25) is 0 Å². The van der Waals surface area contributed by atoms with E-state index in [-0.39, 0.29) is 5.41 Å². The highest BCUT2D eigenvalue weighted by molar-refractivity contribution is 6.18. The Labute approximate surface area is 103 Å². The lowest BCUT2D eigenvalue weighted by Crippen LogP contribution is -2.48. The van der Waals surface area contributed by atoms with Gasteiger partial charge in [0.25, 0.3) is 0 Å². The lowest BCUT2D eigenvalue weighted by molar-refractivity contribution is -0.0479. The zero-order valence-corrected chi connectivity index (χ0v) is 10.8. The van der Waals surface area contributed by atoms with Crippen molar-refractivity contribution in [3.63, 3.8) is 0 Å². The van der Waals surface area contributed by atoms with Crippen molar-refractivity contribution in [2.75, 3.05) is 19.1 Å². The van der Waals surface area contributed by atoms with E-state index in [9.17, 15) is 0 Å². The Balaban J connectivity index is 2.12. The maximum Gasteiger partial charge on any atom is 0.0597 e. The van der Waals surface area contributed by atoms with E-state index in [1.54, 1.807) is 0 Å². The lowest BCUT2D eigenvalue weighted by Gasteiger charge is -2.40. The fourth-order valence-electron chi connectivity index (χ4n) is 2.14. The van der Waals surface area contributed by atoms with E-state index < -0.39 is 0 Å². The van der Waals surface area contributed by atoms with Crippen LogP contribution in [0, 0.1) is 5.92 Å². The Hall–Kier alpha value is -0.530. The lowest BCUT2D eigenvalue weighted by atomic mass is 9.80. The Morgan fingerprint density at radius 1 is 1.25 bits per heavy atom. The van der Waals surface area contributed by atoms with Crippen LogP contribution in [0.1, 0.15) is 25.0 Å². The summed E-state index contributed by atoms with van der Waals surface area (Å²) >= 11 is 6.04. The summed E-state index contributed by atoms with van der Waals surface area (Å²) in [5.74, 6) is 1.36. The van der Waals surface area contributed by atoms with Gasteiger partial charge in [-0.15, -0.1) is 11.6 Å². The Kier molecular flexibility index (Phi) is 3.56. The second-order valence-electron chi connectivity index (χ2n) is 5.20. The normalized spacial score (nSPS) is 18.5. The molecule has 1 nitrogen and oxygen atoms in total. The van der Waals surface area contributed by atoms with Crippen molar-refractivity contribution in [3.05, 3.63) is 35.4 Å². The molecular formula is C14H19ClO. The molecule has 0 aromatic heterocycles. The molecule has 88 valence electrons. The van der Waals surface area contributed by atoms with E-state index in [2.05, 4.69) is 38.1 Å². The van der Waals surface area contributed by atoms with Crippen molar-refractivity contribution in [3.8, 4) is 0 Å². The van der Waals surface area contributed by atoms with Gasteiger partial charge < -0.3 is 4.74 Å². The summed E-state index contributed by atoms with van der Waals surface area (Å²) in [4.78, 5) is 0. The Bertz CT molecular complexity index is 333. The van der Waals surface area contributed by atoms with Gasteiger partial charge >= 0.3 is 0 Å². The minimum atomic E-state index is 0.0813. The maximum absolute atomic E-state index is 6.04. The smallest absolute Gasteiger partial charge is 0.0597 e. The summed E-state index contributed by atoms with van der Waals surface area (Å²) in [5, 5.41) is 0. The van der Waals surface area contributed by atoms with E-state index in [0.717, 1.165) is 19.6 Å². The molecule has 1 aliphatic rings. The van der Waals surface area contributed by atoms with Gasteiger partial charge in [0.2, 0.25) is 0 Å². The third kappa shape index (κ3) is 2.26. The van der Waals surface area contributed by atoms with Crippen LogP contribution in [0.3, 0.4) is 0 Å². The van der Waals surface area contributed by atoms with Gasteiger partial charge in [-0.25, -0.2) is 0 Å². The fraction of sp³-hybridized carbons (Fsp3) is 0.571. The van der Waals surface area contributed by atoms with E-state index in [0.29, 0.717) is 11.8 Å². The molecule has 16 heavy (non-hydrogen) atoms. The SMILES string of the molecule is CC(C)Cc1ccc(C2(CCl)COC2)cc1. The van der Waals surface area contributed by atoms with Gasteiger partial charge in [-0.2, -0.15) is 0 Å². The van der Waals surface area contributed by atoms with E-state index in [1.165, 1.54) is 11.1 Å². The average molecular weight is 239 g/mol. The molecule has 2 rings (SSSR count). The molecule has 0 aliphatic carbocycles. The number of rotatable bonds is 4. The molecule has 0 saturated carbocycles. The highest BCUT2D eigenvalue weighted by Gasteiger charge is 2.39. The molecule has 0 radical (unpaired) electrons. The topological polar surface area (TPSA) is 9.23 Å². The molecule has 1 aliphatic heterocycles. The summed E-state index contributed by atoms with van der Waals surface area (Å²) in [7, 11) is 0. The van der Waals surface area contributed by atoms with Crippen LogP contribution >= 0.6 is 11.6 Å². The molecule has 0 amide bonds. The summed E-state index contributed by atoms with van der Waals surface area (Å²) in [6.07, 6.45) is 1.14. The first kappa shape index (κ1) is 11.9. The number of hydrogen-bond acceptors (Lipinski definition) is 1. The second kappa shape index (κ2) is 4.77. The number of hydrogen-bond donors (Lipinski definition) is 0. The first-order valence-corrected chi connectivity index (χ1v) is 6.43. The molecule has 0 N–H and O–H groups in total. The van der Waals surface area contributed by atoms with Crippen LogP contribution < -0.4 is 0 Å². The molecule has 2 heteroatoms. The molecule has 1 aromatic carbocycles. The van der Waals surface area contributed by atoms with Crippen molar-refractivity contribution in [1.29, 1.82) is 0 Å². The van der Waals surface area contributed by atoms with Crippen molar-refractivity contribution in [1.82, 2.24) is 0 Å². The fourth-order valence-corrected chi connectivity index (χ4v) is 2.44. The van der Waals surface area contributed by atoms with Crippen molar-refractivity contribution < 1.29 is 4.74 Å². The average Bonchev–Trinajstić information content (AvgIpc) is 2.19. The molecule has 1 heterocycles. The van der Waals surface area contributed by atoms with Crippen LogP contribution in [0.5, 0.6) is 0 Å². The van der Waals surface area contributed by atoms with E-state index in [1.807, 2.05) is 0 Å². The summed E-state index contributed by atoms with van der Waals surface area (Å²) in [6.45, 7) is 6.02. The van der Waals surface area contributed by atoms with Crippen LogP contribution in [0.25, 0.3) is 0 Å². The predicted octanol–water partition coefficient (Wildman–Crippen LogP) is 3.39. The Morgan fingerprint density at radius 3 is 2.25 bits per heavy atom. The quantitative estimate of drug-likeness (QED) is 0.731. The first-order chi connectivity index (χ1) is 7.66. The summed E-state index contributed by atoms with van der Waals surface area (Å²) in [6, 6.07) is 8.87. The van der Waals surface area contributed by atoms with E-state index in [4.69, 9.17) is 16.3 Å². The first-order valence-electron chi connectivity index (χ1n) is 5.89. The van der Waals surface area contributed by atoms with Crippen molar-refractivity contribution in [2.24, 2.45) is 5.92 Å². The Morgan fingerprint density at radius 2 is 1.88 bits per heavy atom. The highest BCUT2D eigenvalue weighted by atomic mass is 35.5. The van der Waals surface area contributed by atoms with Crippen LogP contribution in [0.15, 0.2) is 24.3 Å². The van der Waals surface area contributed by atoms with Crippen molar-refractivity contribution in [2.45, 2.75) is 25.7 Å². The number of ether oxygens (including phenoxy) is 1. The zero-order chi connectivity index (χ0) is 11.6. The standard InChI is InChI=1S/C14H19ClO/c1-11(2)7-12-3-5-13(6-4-12)14(8-15)9-16-10-14/h3-6,11H,7-10H2,1-2H3. The van der Waals surface area contributed by atoms with Gasteiger partial charge in [0.05, 0.1) is 18.6 Å². The van der Waals surface area contributed by atoms with Crippen molar-refractivity contribution >= 4 is 11.6 Å². The van der Waals surface area contributed by atoms with Gasteiger partial charge in [0.15, 0.2) is 0 Å². The van der Waals surface area contributed by atoms with Crippen LogP contribution in [-0.4, -0.2) is 19.1 Å². The summed E-state index contributed by atoms with van der Waals surface area (Å²) < 4.78 is 5.29. The third-order valence-electron chi connectivity index (χ3n) is 3.22. The summed E-state index contributed by atoms with van der Waals surface area (Å²) in [5.41, 5.74) is 2.81.